The zero-order valence-corrected chi connectivity index (χ0v) is 11.2. The molecule has 20 heavy (non-hydrogen) atoms. The highest BCUT2D eigenvalue weighted by molar-refractivity contribution is 7.92. The van der Waals surface area contributed by atoms with Gasteiger partial charge in [-0.3, -0.25) is 19.3 Å². The number of hydrogen-bond acceptors (Lipinski definition) is 5. The summed E-state index contributed by atoms with van der Waals surface area (Å²) in [5.74, 6) is -3.30. The zero-order valence-electron chi connectivity index (χ0n) is 10.4. The fourth-order valence-corrected chi connectivity index (χ4v) is 3.00. The Morgan fingerprint density at radius 1 is 1.10 bits per heavy atom. The zero-order chi connectivity index (χ0) is 14.9. The Kier molecular flexibility index (Phi) is 3.58. The summed E-state index contributed by atoms with van der Waals surface area (Å²) in [6, 6.07) is 6.26. The predicted octanol–water partition coefficient (Wildman–Crippen LogP) is -0.817. The van der Waals surface area contributed by atoms with Crippen LogP contribution in [-0.2, 0) is 14.6 Å². The van der Waals surface area contributed by atoms with Crippen molar-refractivity contribution in [2.45, 2.75) is 0 Å². The van der Waals surface area contributed by atoms with Gasteiger partial charge >= 0.3 is 0 Å². The molecular weight excluding hydrogens is 284 g/mol. The van der Waals surface area contributed by atoms with Crippen LogP contribution in [0.5, 0.6) is 0 Å². The number of fused-ring (bicyclic) bond motifs is 1. The molecular formula is C12H12N2O5S. The van der Waals surface area contributed by atoms with Gasteiger partial charge in [0.15, 0.2) is 9.84 Å². The molecule has 1 aromatic carbocycles. The van der Waals surface area contributed by atoms with Gasteiger partial charge in [-0.1, -0.05) is 12.1 Å². The lowest BCUT2D eigenvalue weighted by Crippen LogP contribution is -2.36. The van der Waals surface area contributed by atoms with Crippen molar-refractivity contribution in [3.63, 3.8) is 0 Å². The largest absolute Gasteiger partial charge is 0.369 e. The maximum Gasteiger partial charge on any atom is 0.261 e. The Labute approximate surface area is 115 Å². The SMILES string of the molecule is NC(=O)CS(=O)(=O)CCN1C(=O)c2ccccc2C1=O. The number of benzene rings is 1. The average Bonchev–Trinajstić information content (AvgIpc) is 2.59. The number of carbonyl (C=O) groups excluding carboxylic acids is 3. The Hall–Kier alpha value is -2.22. The van der Waals surface area contributed by atoms with Crippen LogP contribution in [0.2, 0.25) is 0 Å². The van der Waals surface area contributed by atoms with Gasteiger partial charge in [-0.2, -0.15) is 0 Å². The van der Waals surface area contributed by atoms with E-state index >= 15 is 0 Å². The summed E-state index contributed by atoms with van der Waals surface area (Å²) in [7, 11) is -3.72. The van der Waals surface area contributed by atoms with E-state index in [9.17, 15) is 22.8 Å². The lowest BCUT2D eigenvalue weighted by Gasteiger charge is -2.13. The second-order valence-corrected chi connectivity index (χ2v) is 6.55. The van der Waals surface area contributed by atoms with Crippen LogP contribution in [0, 0.1) is 0 Å². The molecule has 1 heterocycles. The molecule has 0 spiro atoms. The topological polar surface area (TPSA) is 115 Å². The van der Waals surface area contributed by atoms with Crippen molar-refractivity contribution in [1.82, 2.24) is 4.90 Å². The van der Waals surface area contributed by atoms with E-state index in [1.165, 1.54) is 12.1 Å². The first-order chi connectivity index (χ1) is 9.32. The first kappa shape index (κ1) is 14.2. The number of hydrogen-bond donors (Lipinski definition) is 1. The highest BCUT2D eigenvalue weighted by Gasteiger charge is 2.35. The van der Waals surface area contributed by atoms with Crippen LogP contribution >= 0.6 is 0 Å². The summed E-state index contributed by atoms with van der Waals surface area (Å²) in [6.07, 6.45) is 0. The molecule has 0 radical (unpaired) electrons. The summed E-state index contributed by atoms with van der Waals surface area (Å²) in [4.78, 5) is 35.4. The first-order valence-electron chi connectivity index (χ1n) is 5.76. The van der Waals surface area contributed by atoms with E-state index < -0.39 is 39.1 Å². The van der Waals surface area contributed by atoms with Gasteiger partial charge in [0.05, 0.1) is 16.9 Å². The second-order valence-electron chi connectivity index (χ2n) is 4.37. The molecule has 1 aliphatic heterocycles. The summed E-state index contributed by atoms with van der Waals surface area (Å²) in [5.41, 5.74) is 5.33. The molecule has 0 bridgehead atoms. The lowest BCUT2D eigenvalue weighted by molar-refractivity contribution is -0.115. The van der Waals surface area contributed by atoms with Crippen molar-refractivity contribution < 1.29 is 22.8 Å². The Bertz CT molecular complexity index is 661. The minimum atomic E-state index is -3.72. The van der Waals surface area contributed by atoms with Gasteiger partial charge in [-0.05, 0) is 12.1 Å². The highest BCUT2D eigenvalue weighted by atomic mass is 32.2. The average molecular weight is 296 g/mol. The normalized spacial score (nSPS) is 14.5. The lowest BCUT2D eigenvalue weighted by atomic mass is 10.1. The van der Waals surface area contributed by atoms with Crippen LogP contribution in [-0.4, -0.2) is 49.1 Å². The molecule has 1 aromatic rings. The predicted molar refractivity (Wildman–Crippen MR) is 69.7 cm³/mol. The van der Waals surface area contributed by atoms with Crippen molar-refractivity contribution in [2.75, 3.05) is 18.1 Å². The number of primary amides is 1. The monoisotopic (exact) mass is 296 g/mol. The number of nitrogens with two attached hydrogens (primary N) is 1. The number of sulfone groups is 1. The molecule has 0 aliphatic carbocycles. The van der Waals surface area contributed by atoms with E-state index in [0.717, 1.165) is 4.90 Å². The minimum absolute atomic E-state index is 0.254. The number of imide groups is 1. The standard InChI is InChI=1S/C12H12N2O5S/c13-10(15)7-20(18,19)6-5-14-11(16)8-3-1-2-4-9(8)12(14)17/h1-4H,5-7H2,(H2,13,15). The van der Waals surface area contributed by atoms with Crippen molar-refractivity contribution in [2.24, 2.45) is 5.73 Å². The van der Waals surface area contributed by atoms with Crippen molar-refractivity contribution in [3.05, 3.63) is 35.4 Å². The van der Waals surface area contributed by atoms with Crippen molar-refractivity contribution in [1.29, 1.82) is 0 Å². The van der Waals surface area contributed by atoms with Gasteiger partial charge in [0, 0.05) is 6.54 Å². The Morgan fingerprint density at radius 3 is 2.05 bits per heavy atom. The summed E-state index contributed by atoms with van der Waals surface area (Å²) in [5, 5.41) is 0. The van der Waals surface area contributed by atoms with Crippen LogP contribution in [0.3, 0.4) is 0 Å². The molecule has 3 amide bonds. The first-order valence-corrected chi connectivity index (χ1v) is 7.58. The van der Waals surface area contributed by atoms with Crippen LogP contribution in [0.15, 0.2) is 24.3 Å². The van der Waals surface area contributed by atoms with E-state index in [4.69, 9.17) is 5.73 Å². The molecule has 0 unspecified atom stereocenters. The van der Waals surface area contributed by atoms with Gasteiger partial charge in [0.1, 0.15) is 5.75 Å². The summed E-state index contributed by atoms with van der Waals surface area (Å²) >= 11 is 0. The molecule has 2 rings (SSSR count). The smallest absolute Gasteiger partial charge is 0.261 e. The maximum absolute atomic E-state index is 12.0. The van der Waals surface area contributed by atoms with E-state index in [-0.39, 0.29) is 17.7 Å². The third kappa shape index (κ3) is 2.69. The molecule has 106 valence electrons. The molecule has 7 nitrogen and oxygen atoms in total. The van der Waals surface area contributed by atoms with Gasteiger partial charge in [0.25, 0.3) is 11.8 Å². The van der Waals surface area contributed by atoms with Crippen LogP contribution in [0.1, 0.15) is 20.7 Å². The van der Waals surface area contributed by atoms with Crippen LogP contribution in [0.4, 0.5) is 0 Å². The third-order valence-electron chi connectivity index (χ3n) is 2.87. The molecule has 1 aliphatic rings. The fourth-order valence-electron chi connectivity index (χ4n) is 1.96. The van der Waals surface area contributed by atoms with Gasteiger partial charge in [0.2, 0.25) is 5.91 Å². The Balaban J connectivity index is 2.12. The van der Waals surface area contributed by atoms with E-state index in [1.807, 2.05) is 0 Å². The van der Waals surface area contributed by atoms with Crippen molar-refractivity contribution >= 4 is 27.6 Å². The summed E-state index contributed by atoms with van der Waals surface area (Å²) < 4.78 is 23.1. The fraction of sp³-hybridized carbons (Fsp3) is 0.250. The molecule has 2 N–H and O–H groups in total. The van der Waals surface area contributed by atoms with Gasteiger partial charge in [-0.15, -0.1) is 0 Å². The molecule has 0 fully saturated rings. The number of nitrogens with zero attached hydrogens (tertiary/aromatic N) is 1. The van der Waals surface area contributed by atoms with Gasteiger partial charge < -0.3 is 5.73 Å². The molecule has 0 saturated heterocycles. The highest BCUT2D eigenvalue weighted by Crippen LogP contribution is 2.22. The quantitative estimate of drug-likeness (QED) is 0.713. The summed E-state index contributed by atoms with van der Waals surface area (Å²) in [6.45, 7) is -0.290. The maximum atomic E-state index is 12.0. The van der Waals surface area contributed by atoms with E-state index in [0.29, 0.717) is 0 Å². The molecule has 8 heteroatoms. The van der Waals surface area contributed by atoms with Gasteiger partial charge in [-0.25, -0.2) is 8.42 Å². The molecule has 0 aromatic heterocycles. The van der Waals surface area contributed by atoms with Crippen LogP contribution in [0.25, 0.3) is 0 Å². The Morgan fingerprint density at radius 2 is 1.60 bits per heavy atom. The van der Waals surface area contributed by atoms with E-state index in [1.54, 1.807) is 12.1 Å². The second kappa shape index (κ2) is 5.04. The number of amides is 3. The minimum Gasteiger partial charge on any atom is -0.369 e. The van der Waals surface area contributed by atoms with Crippen molar-refractivity contribution in [3.8, 4) is 0 Å². The number of rotatable bonds is 5. The van der Waals surface area contributed by atoms with Crippen LogP contribution < -0.4 is 5.73 Å². The number of carbonyl (C=O) groups is 3. The van der Waals surface area contributed by atoms with E-state index in [2.05, 4.69) is 0 Å². The third-order valence-corrected chi connectivity index (χ3v) is 4.40. The molecule has 0 saturated carbocycles. The molecule has 0 atom stereocenters.